The van der Waals surface area contributed by atoms with Gasteiger partial charge in [0.05, 0.1) is 5.56 Å². The number of piperidine rings is 1. The van der Waals surface area contributed by atoms with Crippen molar-refractivity contribution in [2.24, 2.45) is 11.8 Å². The molecular formula is C12H13BrCl2N2O. The summed E-state index contributed by atoms with van der Waals surface area (Å²) >= 11 is 9.27. The molecule has 1 aliphatic carbocycles. The van der Waals surface area contributed by atoms with Crippen LogP contribution in [0.1, 0.15) is 10.4 Å². The Morgan fingerprint density at radius 2 is 2.06 bits per heavy atom. The normalized spacial score (nSPS) is 28.2. The van der Waals surface area contributed by atoms with Crippen LogP contribution in [-0.4, -0.2) is 25.0 Å². The van der Waals surface area contributed by atoms with Gasteiger partial charge in [0.1, 0.15) is 0 Å². The molecule has 1 aliphatic heterocycles. The summed E-state index contributed by atoms with van der Waals surface area (Å²) in [6, 6.07) is 5.59. The summed E-state index contributed by atoms with van der Waals surface area (Å²) in [5.74, 6) is 1.20. The molecule has 1 heterocycles. The van der Waals surface area contributed by atoms with E-state index in [-0.39, 0.29) is 18.3 Å². The Balaban J connectivity index is 0.00000120. The van der Waals surface area contributed by atoms with Gasteiger partial charge in [-0.15, -0.1) is 12.4 Å². The number of fused-ring (bicyclic) bond motifs is 1. The molecule has 98 valence electrons. The minimum absolute atomic E-state index is 0. The number of carbonyl (C=O) groups excluding carboxylic acids is 1. The van der Waals surface area contributed by atoms with Gasteiger partial charge in [-0.2, -0.15) is 0 Å². The predicted octanol–water partition coefficient (Wildman–Crippen LogP) is 2.47. The lowest BCUT2D eigenvalue weighted by atomic mass is 10.2. The summed E-state index contributed by atoms with van der Waals surface area (Å²) in [6.07, 6.45) is 0. The molecular weight excluding hydrogens is 339 g/mol. The Morgan fingerprint density at radius 3 is 2.72 bits per heavy atom. The third kappa shape index (κ3) is 2.52. The van der Waals surface area contributed by atoms with E-state index in [1.807, 2.05) is 0 Å². The van der Waals surface area contributed by atoms with Crippen molar-refractivity contribution in [1.29, 1.82) is 0 Å². The molecule has 3 nitrogen and oxygen atoms in total. The average Bonchev–Trinajstić information content (AvgIpc) is 2.76. The van der Waals surface area contributed by atoms with Crippen LogP contribution in [0.2, 0.25) is 5.02 Å². The fraction of sp³-hybridized carbons (Fsp3) is 0.417. The van der Waals surface area contributed by atoms with Crippen LogP contribution >= 0.6 is 39.9 Å². The molecule has 1 saturated carbocycles. The highest BCUT2D eigenvalue weighted by Gasteiger charge is 2.53. The first kappa shape index (κ1) is 14.1. The fourth-order valence-corrected chi connectivity index (χ4v) is 3.13. The fourth-order valence-electron chi connectivity index (χ4n) is 2.53. The van der Waals surface area contributed by atoms with Crippen LogP contribution in [0.4, 0.5) is 0 Å². The number of amides is 1. The molecule has 6 heteroatoms. The highest BCUT2D eigenvalue weighted by Crippen LogP contribution is 2.41. The van der Waals surface area contributed by atoms with Crippen molar-refractivity contribution in [2.45, 2.75) is 6.04 Å². The molecule has 2 fully saturated rings. The molecule has 2 unspecified atom stereocenters. The molecule has 0 bridgehead atoms. The largest absolute Gasteiger partial charge is 0.349 e. The van der Waals surface area contributed by atoms with E-state index in [9.17, 15) is 4.79 Å². The van der Waals surface area contributed by atoms with E-state index < -0.39 is 0 Å². The zero-order valence-electron chi connectivity index (χ0n) is 9.45. The number of rotatable bonds is 2. The quantitative estimate of drug-likeness (QED) is 0.859. The molecule has 1 amide bonds. The van der Waals surface area contributed by atoms with Gasteiger partial charge in [-0.3, -0.25) is 4.79 Å². The lowest BCUT2D eigenvalue weighted by Gasteiger charge is -2.09. The summed E-state index contributed by atoms with van der Waals surface area (Å²) in [6.45, 7) is 2.04. The average molecular weight is 352 g/mol. The molecule has 2 atom stereocenters. The molecule has 2 N–H and O–H groups in total. The van der Waals surface area contributed by atoms with Crippen LogP contribution in [0.3, 0.4) is 0 Å². The zero-order valence-corrected chi connectivity index (χ0v) is 12.6. The third-order valence-electron chi connectivity index (χ3n) is 3.56. The van der Waals surface area contributed by atoms with E-state index in [4.69, 9.17) is 11.6 Å². The molecule has 0 spiro atoms. The first-order valence-electron chi connectivity index (χ1n) is 5.63. The van der Waals surface area contributed by atoms with Gasteiger partial charge in [0.2, 0.25) is 0 Å². The van der Waals surface area contributed by atoms with E-state index in [1.54, 1.807) is 18.2 Å². The lowest BCUT2D eigenvalue weighted by molar-refractivity contribution is 0.0946. The Kier molecular flexibility index (Phi) is 4.22. The van der Waals surface area contributed by atoms with Crippen LogP contribution in [0.5, 0.6) is 0 Å². The molecule has 18 heavy (non-hydrogen) atoms. The zero-order chi connectivity index (χ0) is 12.0. The monoisotopic (exact) mass is 350 g/mol. The summed E-state index contributed by atoms with van der Waals surface area (Å²) in [7, 11) is 0. The number of hydrogen-bond acceptors (Lipinski definition) is 2. The molecule has 1 aromatic rings. The third-order valence-corrected chi connectivity index (χ3v) is 4.49. The lowest BCUT2D eigenvalue weighted by Crippen LogP contribution is -2.32. The summed E-state index contributed by atoms with van der Waals surface area (Å²) in [5, 5.41) is 6.96. The van der Waals surface area contributed by atoms with Crippen molar-refractivity contribution in [3.05, 3.63) is 33.3 Å². The van der Waals surface area contributed by atoms with Crippen LogP contribution in [0, 0.1) is 11.8 Å². The van der Waals surface area contributed by atoms with Gasteiger partial charge < -0.3 is 10.6 Å². The highest BCUT2D eigenvalue weighted by atomic mass is 79.9. The van der Waals surface area contributed by atoms with Crippen LogP contribution in [0.25, 0.3) is 0 Å². The first-order valence-corrected chi connectivity index (χ1v) is 6.80. The van der Waals surface area contributed by atoms with E-state index in [2.05, 4.69) is 26.6 Å². The second-order valence-corrected chi connectivity index (χ2v) is 5.90. The maximum absolute atomic E-state index is 12.1. The second-order valence-electron chi connectivity index (χ2n) is 4.61. The minimum Gasteiger partial charge on any atom is -0.349 e. The second kappa shape index (κ2) is 5.37. The predicted molar refractivity (Wildman–Crippen MR) is 77.5 cm³/mol. The van der Waals surface area contributed by atoms with Gasteiger partial charge in [-0.1, -0.05) is 11.6 Å². The number of hydrogen-bond donors (Lipinski definition) is 2. The van der Waals surface area contributed by atoms with Gasteiger partial charge in [0.25, 0.3) is 5.91 Å². The molecule has 0 radical (unpaired) electrons. The van der Waals surface area contributed by atoms with E-state index in [0.29, 0.717) is 28.5 Å². The van der Waals surface area contributed by atoms with Gasteiger partial charge in [-0.05, 0) is 46.0 Å². The van der Waals surface area contributed by atoms with Gasteiger partial charge in [-0.25, -0.2) is 0 Å². The van der Waals surface area contributed by atoms with Crippen molar-refractivity contribution < 1.29 is 4.79 Å². The summed E-state index contributed by atoms with van der Waals surface area (Å²) in [4.78, 5) is 12.1. The molecule has 3 rings (SSSR count). The van der Waals surface area contributed by atoms with Gasteiger partial charge >= 0.3 is 0 Å². The Bertz CT molecular complexity index is 473. The van der Waals surface area contributed by atoms with Crippen LogP contribution in [-0.2, 0) is 0 Å². The van der Waals surface area contributed by atoms with Gasteiger partial charge in [0, 0.05) is 28.6 Å². The van der Waals surface area contributed by atoms with Crippen molar-refractivity contribution >= 4 is 45.8 Å². The number of nitrogens with one attached hydrogen (secondary N) is 2. The van der Waals surface area contributed by atoms with Gasteiger partial charge in [0.15, 0.2) is 0 Å². The standard InChI is InChI=1S/C12H12BrClN2O.ClH/c13-10-2-1-6(14)3-7(10)12(17)16-11-8-4-15-5-9(8)11;/h1-3,8-9,11,15H,4-5H2,(H,16,17);1H. The molecule has 1 aromatic carbocycles. The van der Waals surface area contributed by atoms with E-state index >= 15 is 0 Å². The Hall–Kier alpha value is -0.290. The van der Waals surface area contributed by atoms with E-state index in [1.165, 1.54) is 0 Å². The van der Waals surface area contributed by atoms with Crippen molar-refractivity contribution in [2.75, 3.05) is 13.1 Å². The molecule has 1 saturated heterocycles. The summed E-state index contributed by atoms with van der Waals surface area (Å²) in [5.41, 5.74) is 0.607. The van der Waals surface area contributed by atoms with Crippen LogP contribution in [0.15, 0.2) is 22.7 Å². The first-order chi connectivity index (χ1) is 8.16. The van der Waals surface area contributed by atoms with Crippen molar-refractivity contribution in [3.63, 3.8) is 0 Å². The van der Waals surface area contributed by atoms with Crippen molar-refractivity contribution in [3.8, 4) is 0 Å². The topological polar surface area (TPSA) is 41.1 Å². The highest BCUT2D eigenvalue weighted by molar-refractivity contribution is 9.10. The minimum atomic E-state index is -0.0428. The van der Waals surface area contributed by atoms with Crippen molar-refractivity contribution in [1.82, 2.24) is 10.6 Å². The maximum Gasteiger partial charge on any atom is 0.252 e. The number of carbonyl (C=O) groups is 1. The van der Waals surface area contributed by atoms with Crippen LogP contribution < -0.4 is 10.6 Å². The van der Waals surface area contributed by atoms with E-state index in [0.717, 1.165) is 17.6 Å². The summed E-state index contributed by atoms with van der Waals surface area (Å²) < 4.78 is 0.781. The Labute approximate surface area is 125 Å². The number of benzene rings is 1. The SMILES string of the molecule is Cl.O=C(NC1C2CNCC21)c1cc(Cl)ccc1Br. The smallest absolute Gasteiger partial charge is 0.252 e. The molecule has 0 aromatic heterocycles. The Morgan fingerprint density at radius 1 is 1.39 bits per heavy atom. The maximum atomic E-state index is 12.1. The number of halogens is 3. The molecule has 2 aliphatic rings.